The molecular formula is C24H39N3O4. The second kappa shape index (κ2) is 11.0. The molecule has 1 saturated heterocycles. The minimum Gasteiger partial charge on any atom is -0.493 e. The first-order valence-corrected chi connectivity index (χ1v) is 11.5. The van der Waals surface area contributed by atoms with Crippen molar-refractivity contribution >= 4 is 5.91 Å². The van der Waals surface area contributed by atoms with Gasteiger partial charge in [-0.3, -0.25) is 14.6 Å². The third-order valence-corrected chi connectivity index (χ3v) is 6.95. The Morgan fingerprint density at radius 2 is 1.71 bits per heavy atom. The van der Waals surface area contributed by atoms with Crippen molar-refractivity contribution in [2.45, 2.75) is 58.2 Å². The molecule has 3 atom stereocenters. The van der Waals surface area contributed by atoms with Gasteiger partial charge in [-0.15, -0.1) is 0 Å². The number of hydrogen-bond acceptors (Lipinski definition) is 6. The molecule has 0 aromatic heterocycles. The lowest BCUT2D eigenvalue weighted by Gasteiger charge is -2.38. The summed E-state index contributed by atoms with van der Waals surface area (Å²) >= 11 is 0. The van der Waals surface area contributed by atoms with Crippen LogP contribution in [0.1, 0.15) is 45.1 Å². The molecule has 0 unspecified atom stereocenters. The smallest absolute Gasteiger partial charge is 0.237 e. The van der Waals surface area contributed by atoms with Gasteiger partial charge in [-0.2, -0.15) is 0 Å². The Morgan fingerprint density at radius 3 is 2.32 bits per heavy atom. The highest BCUT2D eigenvalue weighted by atomic mass is 16.5. The van der Waals surface area contributed by atoms with Gasteiger partial charge in [0.15, 0.2) is 11.5 Å². The lowest BCUT2D eigenvalue weighted by atomic mass is 9.86. The highest BCUT2D eigenvalue weighted by Gasteiger charge is 2.29. The van der Waals surface area contributed by atoms with Gasteiger partial charge in [0.1, 0.15) is 0 Å². The predicted octanol–water partition coefficient (Wildman–Crippen LogP) is 2.91. The van der Waals surface area contributed by atoms with Gasteiger partial charge in [-0.1, -0.05) is 25.8 Å². The highest BCUT2D eigenvalue weighted by molar-refractivity contribution is 5.81. The van der Waals surface area contributed by atoms with E-state index in [0.717, 1.165) is 50.5 Å². The van der Waals surface area contributed by atoms with Crippen LogP contribution < -0.4 is 19.5 Å². The molecule has 0 spiro atoms. The molecule has 1 saturated carbocycles. The summed E-state index contributed by atoms with van der Waals surface area (Å²) in [6.45, 7) is 8.65. The van der Waals surface area contributed by atoms with E-state index in [-0.39, 0.29) is 11.9 Å². The summed E-state index contributed by atoms with van der Waals surface area (Å²) in [5.74, 6) is 2.77. The third kappa shape index (κ3) is 5.63. The molecule has 1 heterocycles. The minimum absolute atomic E-state index is 0.0908. The number of nitrogens with zero attached hydrogens (tertiary/aromatic N) is 2. The fourth-order valence-electron chi connectivity index (χ4n) is 4.84. The van der Waals surface area contributed by atoms with Crippen molar-refractivity contribution in [2.24, 2.45) is 5.92 Å². The van der Waals surface area contributed by atoms with Crippen LogP contribution in [0.15, 0.2) is 12.1 Å². The monoisotopic (exact) mass is 433 g/mol. The van der Waals surface area contributed by atoms with Gasteiger partial charge < -0.3 is 19.5 Å². The highest BCUT2D eigenvalue weighted by Crippen LogP contribution is 2.40. The number of ether oxygens (including phenoxy) is 3. The van der Waals surface area contributed by atoms with Gasteiger partial charge in [0.05, 0.1) is 27.4 Å². The number of amides is 1. The molecule has 2 aliphatic rings. The Balaban J connectivity index is 1.54. The maximum atomic E-state index is 12.8. The van der Waals surface area contributed by atoms with E-state index in [1.54, 1.807) is 21.3 Å². The zero-order valence-corrected chi connectivity index (χ0v) is 19.8. The lowest BCUT2D eigenvalue weighted by molar-refractivity contribution is -0.127. The van der Waals surface area contributed by atoms with Gasteiger partial charge >= 0.3 is 0 Å². The Morgan fingerprint density at radius 1 is 1.03 bits per heavy atom. The molecule has 1 N–H and O–H groups in total. The van der Waals surface area contributed by atoms with Crippen molar-refractivity contribution in [1.82, 2.24) is 15.1 Å². The summed E-state index contributed by atoms with van der Waals surface area (Å²) in [6, 6.07) is 4.20. The number of hydrogen-bond donors (Lipinski definition) is 1. The van der Waals surface area contributed by atoms with Crippen molar-refractivity contribution in [3.8, 4) is 17.2 Å². The van der Waals surface area contributed by atoms with Crippen LogP contribution in [-0.2, 0) is 11.3 Å². The van der Waals surface area contributed by atoms with Gasteiger partial charge in [-0.05, 0) is 31.7 Å². The number of methoxy groups -OCH3 is 3. The van der Waals surface area contributed by atoms with E-state index >= 15 is 0 Å². The normalized spacial score (nSPS) is 23.8. The average Bonchev–Trinajstić information content (AvgIpc) is 2.80. The Hall–Kier alpha value is -1.99. The van der Waals surface area contributed by atoms with Crippen molar-refractivity contribution in [2.75, 3.05) is 47.5 Å². The van der Waals surface area contributed by atoms with E-state index in [4.69, 9.17) is 14.2 Å². The van der Waals surface area contributed by atoms with E-state index < -0.39 is 0 Å². The maximum absolute atomic E-state index is 12.8. The fraction of sp³-hybridized carbons (Fsp3) is 0.708. The van der Waals surface area contributed by atoms with Crippen LogP contribution in [0.3, 0.4) is 0 Å². The second-order valence-electron chi connectivity index (χ2n) is 8.86. The SMILES string of the molecule is COc1ccc(CN2CCN([C@H](C)C(=O)N[C@@H]3CCCC[C@@H]3C)CC2)c(OC)c1OC. The van der Waals surface area contributed by atoms with Crippen molar-refractivity contribution in [3.63, 3.8) is 0 Å². The predicted molar refractivity (Wildman–Crippen MR) is 122 cm³/mol. The number of benzene rings is 1. The first kappa shape index (κ1) is 23.7. The molecule has 1 amide bonds. The third-order valence-electron chi connectivity index (χ3n) is 6.95. The molecular weight excluding hydrogens is 394 g/mol. The molecule has 1 aliphatic heterocycles. The van der Waals surface area contributed by atoms with E-state index in [9.17, 15) is 4.79 Å². The summed E-state index contributed by atoms with van der Waals surface area (Å²) < 4.78 is 16.5. The van der Waals surface area contributed by atoms with Crippen molar-refractivity contribution in [3.05, 3.63) is 17.7 Å². The van der Waals surface area contributed by atoms with Gasteiger partial charge in [0.2, 0.25) is 11.7 Å². The fourth-order valence-corrected chi connectivity index (χ4v) is 4.84. The first-order chi connectivity index (χ1) is 15.0. The molecule has 31 heavy (non-hydrogen) atoms. The van der Waals surface area contributed by atoms with E-state index in [1.807, 2.05) is 19.1 Å². The van der Waals surface area contributed by atoms with Crippen LogP contribution in [0.4, 0.5) is 0 Å². The van der Waals surface area contributed by atoms with E-state index in [0.29, 0.717) is 23.5 Å². The molecule has 7 heteroatoms. The maximum Gasteiger partial charge on any atom is 0.237 e. The summed E-state index contributed by atoms with van der Waals surface area (Å²) in [5, 5.41) is 3.32. The summed E-state index contributed by atoms with van der Waals surface area (Å²) in [4.78, 5) is 17.5. The Bertz CT molecular complexity index is 734. The first-order valence-electron chi connectivity index (χ1n) is 11.5. The minimum atomic E-state index is -0.0908. The van der Waals surface area contributed by atoms with Crippen LogP contribution in [-0.4, -0.2) is 75.3 Å². The summed E-state index contributed by atoms with van der Waals surface area (Å²) in [6.07, 6.45) is 4.84. The molecule has 1 aliphatic carbocycles. The molecule has 1 aromatic carbocycles. The molecule has 3 rings (SSSR count). The second-order valence-corrected chi connectivity index (χ2v) is 8.86. The topological polar surface area (TPSA) is 63.3 Å². The quantitative estimate of drug-likeness (QED) is 0.680. The molecule has 0 bridgehead atoms. The lowest BCUT2D eigenvalue weighted by Crippen LogP contribution is -2.55. The molecule has 174 valence electrons. The summed E-state index contributed by atoms with van der Waals surface area (Å²) in [7, 11) is 4.91. The zero-order valence-electron chi connectivity index (χ0n) is 19.8. The van der Waals surface area contributed by atoms with Crippen LogP contribution in [0.5, 0.6) is 17.2 Å². The van der Waals surface area contributed by atoms with E-state index in [2.05, 4.69) is 22.0 Å². The van der Waals surface area contributed by atoms with Crippen molar-refractivity contribution < 1.29 is 19.0 Å². The number of carbonyl (C=O) groups excluding carboxylic acids is 1. The van der Waals surface area contributed by atoms with Gasteiger partial charge in [0.25, 0.3) is 0 Å². The molecule has 1 aromatic rings. The largest absolute Gasteiger partial charge is 0.493 e. The molecule has 2 fully saturated rings. The summed E-state index contributed by atoms with van der Waals surface area (Å²) in [5.41, 5.74) is 1.07. The molecule has 7 nitrogen and oxygen atoms in total. The van der Waals surface area contributed by atoms with E-state index in [1.165, 1.54) is 19.3 Å². The van der Waals surface area contributed by atoms with Crippen LogP contribution in [0.25, 0.3) is 0 Å². The van der Waals surface area contributed by atoms with Crippen LogP contribution in [0, 0.1) is 5.92 Å². The van der Waals surface area contributed by atoms with Gasteiger partial charge in [-0.25, -0.2) is 0 Å². The standard InChI is InChI=1S/C24H39N3O4/c1-17-8-6-7-9-20(17)25-24(28)18(2)27-14-12-26(13-15-27)16-19-10-11-21(29-3)23(31-5)22(19)30-4/h10-11,17-18,20H,6-9,12-16H2,1-5H3,(H,25,28)/t17-,18+,20+/m0/s1. The Labute approximate surface area is 187 Å². The number of carbonyl (C=O) groups is 1. The van der Waals surface area contributed by atoms with Crippen LogP contribution >= 0.6 is 0 Å². The average molecular weight is 434 g/mol. The zero-order chi connectivity index (χ0) is 22.4. The molecule has 0 radical (unpaired) electrons. The van der Waals surface area contributed by atoms with Crippen LogP contribution in [0.2, 0.25) is 0 Å². The number of rotatable bonds is 8. The number of piperazine rings is 1. The number of nitrogens with one attached hydrogen (secondary N) is 1. The van der Waals surface area contributed by atoms with Crippen molar-refractivity contribution in [1.29, 1.82) is 0 Å². The Kier molecular flexibility index (Phi) is 8.43. The van der Waals surface area contributed by atoms with Gasteiger partial charge in [0, 0.05) is 44.3 Å².